The minimum absolute atomic E-state index is 0.597. The summed E-state index contributed by atoms with van der Waals surface area (Å²) in [6.45, 7) is 0. The molecule has 112 valence electrons. The van der Waals surface area contributed by atoms with Gasteiger partial charge in [0.25, 0.3) is 0 Å². The van der Waals surface area contributed by atoms with Crippen molar-refractivity contribution in [2.45, 2.75) is 12.1 Å². The molecule has 0 unspecified atom stereocenters. The zero-order chi connectivity index (χ0) is 15.6. The van der Waals surface area contributed by atoms with Gasteiger partial charge < -0.3 is 16.2 Å². The third-order valence-corrected chi connectivity index (χ3v) is 3.89. The van der Waals surface area contributed by atoms with Crippen molar-refractivity contribution in [1.82, 2.24) is 0 Å². The van der Waals surface area contributed by atoms with Gasteiger partial charge in [-0.15, -0.1) is 0 Å². The summed E-state index contributed by atoms with van der Waals surface area (Å²) in [7, 11) is 1.66. The molecule has 0 spiro atoms. The van der Waals surface area contributed by atoms with Gasteiger partial charge in [-0.05, 0) is 40.5 Å². The lowest BCUT2D eigenvalue weighted by atomic mass is 9.83. The Labute approximate surface area is 130 Å². The normalized spacial score (nSPS) is 16.7. The first-order valence-electron chi connectivity index (χ1n) is 7.29. The van der Waals surface area contributed by atoms with Crippen LogP contribution in [-0.2, 0) is 0 Å². The smallest absolute Gasteiger partial charge is 0.118 e. The zero-order valence-corrected chi connectivity index (χ0v) is 12.6. The predicted octanol–water partition coefficient (Wildman–Crippen LogP) is 3.18. The van der Waals surface area contributed by atoms with Crippen LogP contribution in [-0.4, -0.2) is 12.8 Å². The SMILES string of the molecule is COc1ccc(C2=C(c3ccccc3)C=CC(N)(N)C2)cc1. The molecule has 3 heteroatoms. The lowest BCUT2D eigenvalue weighted by molar-refractivity contribution is 0.415. The Kier molecular flexibility index (Phi) is 3.84. The average Bonchev–Trinajstić information content (AvgIpc) is 2.55. The molecule has 22 heavy (non-hydrogen) atoms. The third kappa shape index (κ3) is 2.96. The van der Waals surface area contributed by atoms with Gasteiger partial charge in [-0.3, -0.25) is 0 Å². The van der Waals surface area contributed by atoms with Crippen molar-refractivity contribution in [3.63, 3.8) is 0 Å². The van der Waals surface area contributed by atoms with E-state index in [1.807, 2.05) is 54.6 Å². The summed E-state index contributed by atoms with van der Waals surface area (Å²) in [4.78, 5) is 0. The monoisotopic (exact) mass is 292 g/mol. The van der Waals surface area contributed by atoms with Crippen LogP contribution in [0.3, 0.4) is 0 Å². The Balaban J connectivity index is 2.11. The van der Waals surface area contributed by atoms with Gasteiger partial charge in [0.2, 0.25) is 0 Å². The van der Waals surface area contributed by atoms with Gasteiger partial charge in [0, 0.05) is 6.42 Å². The molecule has 0 bridgehead atoms. The molecule has 2 aromatic carbocycles. The second-order valence-corrected chi connectivity index (χ2v) is 5.61. The second kappa shape index (κ2) is 5.79. The van der Waals surface area contributed by atoms with Gasteiger partial charge in [-0.1, -0.05) is 48.5 Å². The van der Waals surface area contributed by atoms with E-state index in [9.17, 15) is 0 Å². The fourth-order valence-corrected chi connectivity index (χ4v) is 2.74. The highest BCUT2D eigenvalue weighted by Crippen LogP contribution is 2.36. The Morgan fingerprint density at radius 3 is 2.23 bits per heavy atom. The molecule has 3 rings (SSSR count). The highest BCUT2D eigenvalue weighted by molar-refractivity contribution is 5.97. The number of nitrogens with two attached hydrogens (primary N) is 2. The number of methoxy groups -OCH3 is 1. The maximum absolute atomic E-state index is 6.13. The molecule has 4 N–H and O–H groups in total. The van der Waals surface area contributed by atoms with Gasteiger partial charge in [0.15, 0.2) is 0 Å². The van der Waals surface area contributed by atoms with Crippen molar-refractivity contribution in [2.75, 3.05) is 7.11 Å². The van der Waals surface area contributed by atoms with Crippen LogP contribution in [0.1, 0.15) is 17.5 Å². The van der Waals surface area contributed by atoms with E-state index in [-0.39, 0.29) is 0 Å². The number of hydrogen-bond donors (Lipinski definition) is 2. The van der Waals surface area contributed by atoms with Gasteiger partial charge >= 0.3 is 0 Å². The number of rotatable bonds is 3. The van der Waals surface area contributed by atoms with Crippen molar-refractivity contribution < 1.29 is 4.74 Å². The predicted molar refractivity (Wildman–Crippen MR) is 91.1 cm³/mol. The van der Waals surface area contributed by atoms with Crippen LogP contribution in [0.15, 0.2) is 66.7 Å². The number of allylic oxidation sites excluding steroid dienone is 2. The van der Waals surface area contributed by atoms with Gasteiger partial charge in [0.05, 0.1) is 12.8 Å². The fraction of sp³-hybridized carbons (Fsp3) is 0.158. The Morgan fingerprint density at radius 2 is 1.59 bits per heavy atom. The lowest BCUT2D eigenvalue weighted by Gasteiger charge is -2.28. The molecule has 3 nitrogen and oxygen atoms in total. The van der Waals surface area contributed by atoms with Crippen LogP contribution >= 0.6 is 0 Å². The van der Waals surface area contributed by atoms with Crippen LogP contribution in [0.2, 0.25) is 0 Å². The summed E-state index contributed by atoms with van der Waals surface area (Å²) in [5, 5.41) is 0. The Bertz CT molecular complexity index is 713. The summed E-state index contributed by atoms with van der Waals surface area (Å²) in [6.07, 6.45) is 4.50. The molecule has 0 radical (unpaired) electrons. The molecule has 0 fully saturated rings. The highest BCUT2D eigenvalue weighted by Gasteiger charge is 2.25. The van der Waals surface area contributed by atoms with Crippen molar-refractivity contribution in [2.24, 2.45) is 11.5 Å². The molecule has 0 aliphatic heterocycles. The summed E-state index contributed by atoms with van der Waals surface area (Å²) in [5.74, 6) is 0.837. The molecular formula is C19H20N2O. The van der Waals surface area contributed by atoms with E-state index in [1.54, 1.807) is 7.11 Å². The summed E-state index contributed by atoms with van der Waals surface area (Å²) in [5.41, 5.74) is 16.1. The fourth-order valence-electron chi connectivity index (χ4n) is 2.74. The van der Waals surface area contributed by atoms with Crippen molar-refractivity contribution in [3.8, 4) is 5.75 Å². The molecule has 1 aliphatic carbocycles. The zero-order valence-electron chi connectivity index (χ0n) is 12.6. The van der Waals surface area contributed by atoms with E-state index >= 15 is 0 Å². The topological polar surface area (TPSA) is 61.3 Å². The number of hydrogen-bond acceptors (Lipinski definition) is 3. The van der Waals surface area contributed by atoms with Crippen LogP contribution in [0.4, 0.5) is 0 Å². The molecular weight excluding hydrogens is 272 g/mol. The molecule has 0 saturated heterocycles. The largest absolute Gasteiger partial charge is 0.497 e. The summed E-state index contributed by atoms with van der Waals surface area (Å²) in [6, 6.07) is 18.3. The quantitative estimate of drug-likeness (QED) is 0.854. The molecule has 0 aromatic heterocycles. The van der Waals surface area contributed by atoms with E-state index in [1.165, 1.54) is 5.56 Å². The molecule has 2 aromatic rings. The van der Waals surface area contributed by atoms with Gasteiger partial charge in [-0.2, -0.15) is 0 Å². The standard InChI is InChI=1S/C19H20N2O/c1-22-16-9-7-15(8-10-16)18-13-19(20,21)12-11-17(18)14-5-3-2-4-6-14/h2-12H,13,20-21H2,1H3. The molecule has 0 saturated carbocycles. The second-order valence-electron chi connectivity index (χ2n) is 5.61. The van der Waals surface area contributed by atoms with E-state index in [0.29, 0.717) is 6.42 Å². The number of ether oxygens (including phenoxy) is 1. The van der Waals surface area contributed by atoms with Gasteiger partial charge in [0.1, 0.15) is 5.75 Å². The van der Waals surface area contributed by atoms with Crippen LogP contribution in [0, 0.1) is 0 Å². The van der Waals surface area contributed by atoms with Crippen LogP contribution < -0.4 is 16.2 Å². The molecule has 0 heterocycles. The minimum atomic E-state index is -0.812. The first-order valence-corrected chi connectivity index (χ1v) is 7.29. The van der Waals surface area contributed by atoms with Gasteiger partial charge in [-0.25, -0.2) is 0 Å². The first-order chi connectivity index (χ1) is 10.6. The van der Waals surface area contributed by atoms with E-state index < -0.39 is 5.66 Å². The van der Waals surface area contributed by atoms with E-state index in [4.69, 9.17) is 16.2 Å². The summed E-state index contributed by atoms with van der Waals surface area (Å²) >= 11 is 0. The molecule has 1 aliphatic rings. The Morgan fingerprint density at radius 1 is 0.909 bits per heavy atom. The Hall–Kier alpha value is -2.36. The minimum Gasteiger partial charge on any atom is -0.497 e. The van der Waals surface area contributed by atoms with Crippen LogP contribution in [0.25, 0.3) is 11.1 Å². The first kappa shape index (κ1) is 14.6. The maximum atomic E-state index is 6.13. The number of benzene rings is 2. The third-order valence-electron chi connectivity index (χ3n) is 3.89. The van der Waals surface area contributed by atoms with Crippen molar-refractivity contribution >= 4 is 11.1 Å². The van der Waals surface area contributed by atoms with E-state index in [0.717, 1.165) is 22.5 Å². The highest BCUT2D eigenvalue weighted by atomic mass is 16.5. The average molecular weight is 292 g/mol. The maximum Gasteiger partial charge on any atom is 0.118 e. The van der Waals surface area contributed by atoms with Crippen LogP contribution in [0.5, 0.6) is 5.75 Å². The van der Waals surface area contributed by atoms with E-state index in [2.05, 4.69) is 12.1 Å². The van der Waals surface area contributed by atoms with Crippen molar-refractivity contribution in [3.05, 3.63) is 77.9 Å². The summed E-state index contributed by atoms with van der Waals surface area (Å²) < 4.78 is 5.23. The lowest BCUT2D eigenvalue weighted by Crippen LogP contribution is -2.48. The molecule has 0 atom stereocenters. The molecule has 0 amide bonds. The van der Waals surface area contributed by atoms with Crippen molar-refractivity contribution in [1.29, 1.82) is 0 Å².